The summed E-state index contributed by atoms with van der Waals surface area (Å²) in [6.45, 7) is 3.62. The van der Waals surface area contributed by atoms with E-state index in [2.05, 4.69) is 15.2 Å². The minimum Gasteiger partial charge on any atom is -0.480 e. The zero-order chi connectivity index (χ0) is 14.4. The lowest BCUT2D eigenvalue weighted by Crippen LogP contribution is -2.40. The third-order valence-electron chi connectivity index (χ3n) is 3.48. The van der Waals surface area contributed by atoms with Crippen LogP contribution in [0, 0.1) is 5.92 Å². The Morgan fingerprint density at radius 1 is 1.60 bits per heavy atom. The zero-order valence-electron chi connectivity index (χ0n) is 11.4. The maximum Gasteiger partial charge on any atom is 0.317 e. The highest BCUT2D eigenvalue weighted by molar-refractivity contribution is 6.30. The minimum absolute atomic E-state index is 0.0341. The predicted octanol–water partition coefficient (Wildman–Crippen LogP) is 1.62. The van der Waals surface area contributed by atoms with Crippen LogP contribution >= 0.6 is 11.6 Å². The first-order valence-electron chi connectivity index (χ1n) is 6.89. The Kier molecular flexibility index (Phi) is 5.76. The molecule has 1 aliphatic heterocycles. The maximum atomic E-state index is 10.5. The van der Waals surface area contributed by atoms with E-state index >= 15 is 0 Å². The van der Waals surface area contributed by atoms with Crippen molar-refractivity contribution in [1.29, 1.82) is 0 Å². The molecule has 0 bridgehead atoms. The highest BCUT2D eigenvalue weighted by atomic mass is 35.5. The Balaban J connectivity index is 1.79. The Morgan fingerprint density at radius 3 is 3.20 bits per heavy atom. The molecule has 0 spiro atoms. The Morgan fingerprint density at radius 2 is 2.45 bits per heavy atom. The third kappa shape index (κ3) is 5.07. The van der Waals surface area contributed by atoms with E-state index in [1.807, 2.05) is 6.07 Å². The fourth-order valence-electron chi connectivity index (χ4n) is 2.61. The Bertz CT molecular complexity index is 456. The molecule has 1 saturated heterocycles. The van der Waals surface area contributed by atoms with E-state index in [9.17, 15) is 4.79 Å². The van der Waals surface area contributed by atoms with Crippen molar-refractivity contribution in [2.75, 3.05) is 26.2 Å². The van der Waals surface area contributed by atoms with E-state index in [0.29, 0.717) is 10.9 Å². The average Bonchev–Trinajstić information content (AvgIpc) is 2.39. The first kappa shape index (κ1) is 15.2. The monoisotopic (exact) mass is 297 g/mol. The quantitative estimate of drug-likeness (QED) is 0.835. The molecule has 2 heterocycles. The van der Waals surface area contributed by atoms with Crippen LogP contribution in [0.5, 0.6) is 0 Å². The number of hydrogen-bond acceptors (Lipinski definition) is 4. The van der Waals surface area contributed by atoms with Gasteiger partial charge in [0.2, 0.25) is 0 Å². The number of carboxylic acids is 1. The highest BCUT2D eigenvalue weighted by Gasteiger charge is 2.20. The molecule has 2 rings (SSSR count). The maximum absolute atomic E-state index is 10.5. The highest BCUT2D eigenvalue weighted by Crippen LogP contribution is 2.18. The summed E-state index contributed by atoms with van der Waals surface area (Å²) in [4.78, 5) is 17.2. The first-order chi connectivity index (χ1) is 9.63. The van der Waals surface area contributed by atoms with Gasteiger partial charge < -0.3 is 10.4 Å². The van der Waals surface area contributed by atoms with Gasteiger partial charge in [0, 0.05) is 24.3 Å². The van der Waals surface area contributed by atoms with Crippen molar-refractivity contribution >= 4 is 17.6 Å². The number of nitrogens with zero attached hydrogens (tertiary/aromatic N) is 2. The summed E-state index contributed by atoms with van der Waals surface area (Å²) in [5.74, 6) is -0.303. The molecule has 0 radical (unpaired) electrons. The number of likely N-dealkylation sites (tertiary alicyclic amines) is 1. The summed E-state index contributed by atoms with van der Waals surface area (Å²) < 4.78 is 0. The van der Waals surface area contributed by atoms with Crippen LogP contribution in [0.2, 0.25) is 5.02 Å². The van der Waals surface area contributed by atoms with Gasteiger partial charge in [-0.3, -0.25) is 14.7 Å². The van der Waals surface area contributed by atoms with Gasteiger partial charge in [0.25, 0.3) is 0 Å². The topological polar surface area (TPSA) is 65.5 Å². The molecule has 6 heteroatoms. The van der Waals surface area contributed by atoms with Crippen LogP contribution in [0.3, 0.4) is 0 Å². The third-order valence-corrected chi connectivity index (χ3v) is 3.71. The van der Waals surface area contributed by atoms with Gasteiger partial charge in [0.15, 0.2) is 0 Å². The average molecular weight is 298 g/mol. The molecular weight excluding hydrogens is 278 g/mol. The molecule has 2 N–H and O–H groups in total. The van der Waals surface area contributed by atoms with Gasteiger partial charge in [-0.25, -0.2) is 0 Å². The number of halogens is 1. The standard InChI is InChI=1S/C14H20ClN3O2/c15-12-3-4-17-13(6-12)10-18-5-1-2-11(9-18)7-16-8-14(19)20/h3-4,6,11,16H,1-2,5,7-10H2,(H,19,20). The molecule has 0 aromatic carbocycles. The van der Waals surface area contributed by atoms with Crippen molar-refractivity contribution in [1.82, 2.24) is 15.2 Å². The van der Waals surface area contributed by atoms with Crippen LogP contribution in [-0.2, 0) is 11.3 Å². The molecule has 1 aliphatic rings. The van der Waals surface area contributed by atoms with Gasteiger partial charge in [-0.05, 0) is 44.0 Å². The van der Waals surface area contributed by atoms with E-state index in [4.69, 9.17) is 16.7 Å². The van der Waals surface area contributed by atoms with Crippen molar-refractivity contribution < 1.29 is 9.90 Å². The first-order valence-corrected chi connectivity index (χ1v) is 7.26. The number of pyridine rings is 1. The lowest BCUT2D eigenvalue weighted by molar-refractivity contribution is -0.136. The fraction of sp³-hybridized carbons (Fsp3) is 0.571. The molecule has 1 aromatic heterocycles. The van der Waals surface area contributed by atoms with Crippen LogP contribution in [0.1, 0.15) is 18.5 Å². The van der Waals surface area contributed by atoms with Crippen molar-refractivity contribution in [3.63, 3.8) is 0 Å². The predicted molar refractivity (Wildman–Crippen MR) is 77.8 cm³/mol. The van der Waals surface area contributed by atoms with Gasteiger partial charge in [-0.1, -0.05) is 11.6 Å². The van der Waals surface area contributed by atoms with E-state index in [-0.39, 0.29) is 6.54 Å². The molecule has 0 saturated carbocycles. The number of hydrogen-bond donors (Lipinski definition) is 2. The lowest BCUT2D eigenvalue weighted by atomic mass is 9.98. The molecule has 1 aromatic rings. The molecule has 110 valence electrons. The van der Waals surface area contributed by atoms with Crippen molar-refractivity contribution in [2.24, 2.45) is 5.92 Å². The summed E-state index contributed by atoms with van der Waals surface area (Å²) in [6, 6.07) is 3.67. The smallest absolute Gasteiger partial charge is 0.317 e. The fourth-order valence-corrected chi connectivity index (χ4v) is 2.79. The Labute approximate surface area is 123 Å². The van der Waals surface area contributed by atoms with Crippen LogP contribution in [-0.4, -0.2) is 47.1 Å². The molecule has 5 nitrogen and oxygen atoms in total. The molecule has 1 unspecified atom stereocenters. The summed E-state index contributed by atoms with van der Waals surface area (Å²) in [5.41, 5.74) is 0.983. The summed E-state index contributed by atoms with van der Waals surface area (Å²) in [6.07, 6.45) is 4.01. The number of nitrogens with one attached hydrogen (secondary N) is 1. The van der Waals surface area contributed by atoms with E-state index in [0.717, 1.165) is 44.7 Å². The van der Waals surface area contributed by atoms with Crippen molar-refractivity contribution in [2.45, 2.75) is 19.4 Å². The van der Waals surface area contributed by atoms with Crippen molar-refractivity contribution in [3.8, 4) is 0 Å². The van der Waals surface area contributed by atoms with Crippen molar-refractivity contribution in [3.05, 3.63) is 29.0 Å². The van der Waals surface area contributed by atoms with Gasteiger partial charge in [0.05, 0.1) is 12.2 Å². The molecule has 1 atom stereocenters. The number of rotatable bonds is 6. The molecule has 0 aliphatic carbocycles. The lowest BCUT2D eigenvalue weighted by Gasteiger charge is -2.32. The van der Waals surface area contributed by atoms with Gasteiger partial charge >= 0.3 is 5.97 Å². The van der Waals surface area contributed by atoms with E-state index in [1.54, 1.807) is 12.3 Å². The number of carboxylic acid groups (broad SMARTS) is 1. The minimum atomic E-state index is -0.805. The second-order valence-corrected chi connectivity index (χ2v) is 5.67. The number of carbonyl (C=O) groups is 1. The number of aromatic nitrogens is 1. The van der Waals surface area contributed by atoms with Gasteiger partial charge in [0.1, 0.15) is 0 Å². The second-order valence-electron chi connectivity index (χ2n) is 5.23. The van der Waals surface area contributed by atoms with E-state index in [1.165, 1.54) is 0 Å². The van der Waals surface area contributed by atoms with E-state index < -0.39 is 5.97 Å². The summed E-state index contributed by atoms with van der Waals surface area (Å²) in [5, 5.41) is 12.3. The molecule has 20 heavy (non-hydrogen) atoms. The number of piperidine rings is 1. The van der Waals surface area contributed by atoms with Gasteiger partial charge in [-0.2, -0.15) is 0 Å². The molecular formula is C14H20ClN3O2. The second kappa shape index (κ2) is 7.57. The van der Waals surface area contributed by atoms with Crippen LogP contribution in [0.25, 0.3) is 0 Å². The van der Waals surface area contributed by atoms with Gasteiger partial charge in [-0.15, -0.1) is 0 Å². The normalized spacial score (nSPS) is 19.9. The largest absolute Gasteiger partial charge is 0.480 e. The van der Waals surface area contributed by atoms with Crippen LogP contribution in [0.4, 0.5) is 0 Å². The number of aliphatic carboxylic acids is 1. The SMILES string of the molecule is O=C(O)CNCC1CCCN(Cc2cc(Cl)ccn2)C1. The Hall–Kier alpha value is -1.17. The molecule has 0 amide bonds. The summed E-state index contributed by atoms with van der Waals surface area (Å²) >= 11 is 5.97. The van der Waals surface area contributed by atoms with Crippen LogP contribution in [0.15, 0.2) is 18.3 Å². The van der Waals surface area contributed by atoms with Crippen LogP contribution < -0.4 is 5.32 Å². The summed E-state index contributed by atoms with van der Waals surface area (Å²) in [7, 11) is 0. The zero-order valence-corrected chi connectivity index (χ0v) is 12.1. The molecule has 1 fully saturated rings.